The van der Waals surface area contributed by atoms with Crippen molar-refractivity contribution in [3.63, 3.8) is 0 Å². The summed E-state index contributed by atoms with van der Waals surface area (Å²) in [7, 11) is 0. The summed E-state index contributed by atoms with van der Waals surface area (Å²) in [6.45, 7) is 7.32. The molecule has 1 aliphatic rings. The van der Waals surface area contributed by atoms with Crippen LogP contribution in [-0.4, -0.2) is 45.6 Å². The maximum Gasteiger partial charge on any atom is 0.263 e. The van der Waals surface area contributed by atoms with Crippen molar-refractivity contribution in [1.82, 2.24) is 20.3 Å². The van der Waals surface area contributed by atoms with Gasteiger partial charge in [-0.1, -0.05) is 10.3 Å². The van der Waals surface area contributed by atoms with Gasteiger partial charge in [-0.25, -0.2) is 4.98 Å². The maximum absolute atomic E-state index is 6.17. The molecule has 0 unspecified atom stereocenters. The molecule has 0 bridgehead atoms. The number of rotatable bonds is 5. The van der Waals surface area contributed by atoms with E-state index < -0.39 is 0 Å². The third-order valence-electron chi connectivity index (χ3n) is 4.68. The van der Waals surface area contributed by atoms with E-state index in [4.69, 9.17) is 18.5 Å². The van der Waals surface area contributed by atoms with E-state index in [1.54, 1.807) is 0 Å². The Morgan fingerprint density at radius 3 is 2.81 bits per heavy atom. The Kier molecular flexibility index (Phi) is 4.56. The van der Waals surface area contributed by atoms with Crippen molar-refractivity contribution in [2.45, 2.75) is 45.9 Å². The second kappa shape index (κ2) is 7.00. The largest absolute Gasteiger partial charge is 0.379 e. The summed E-state index contributed by atoms with van der Waals surface area (Å²) in [6, 6.07) is -0.0448. The molecule has 4 heterocycles. The highest BCUT2D eigenvalue weighted by atomic mass is 16.5. The number of hydrogen-bond acceptors (Lipinski definition) is 9. The van der Waals surface area contributed by atoms with Gasteiger partial charge < -0.3 is 23.8 Å². The molecule has 0 aliphatic carbocycles. The van der Waals surface area contributed by atoms with E-state index in [-0.39, 0.29) is 12.1 Å². The molecule has 1 aliphatic heterocycles. The predicted octanol–water partition coefficient (Wildman–Crippen LogP) is 2.32. The topological polar surface area (TPSA) is 108 Å². The standard InChI is InChI=1S/C17H21N5O4/c1-9-12(11(3)25-21-9)6-24-14-4-5-23-7-13(14)20-16-15-10(2)22-26-17(15)19-8-18-16/h8,13-14H,4-7H2,1-3H3,(H,18,19,20)/t13-,14+/m1/s1. The Labute approximate surface area is 150 Å². The van der Waals surface area contributed by atoms with Gasteiger partial charge in [0.1, 0.15) is 23.3 Å². The number of nitrogens with one attached hydrogen (secondary N) is 1. The lowest BCUT2D eigenvalue weighted by atomic mass is 10.1. The SMILES string of the molecule is Cc1noc(C)c1CO[C@H]1CCOC[C@H]1Nc1ncnc2onc(C)c12. The monoisotopic (exact) mass is 359 g/mol. The third-order valence-corrected chi connectivity index (χ3v) is 4.68. The Bertz CT molecular complexity index is 886. The lowest BCUT2D eigenvalue weighted by molar-refractivity contribution is -0.0481. The zero-order chi connectivity index (χ0) is 18.1. The predicted molar refractivity (Wildman–Crippen MR) is 91.7 cm³/mol. The van der Waals surface area contributed by atoms with E-state index >= 15 is 0 Å². The highest BCUT2D eigenvalue weighted by molar-refractivity contribution is 5.87. The Morgan fingerprint density at radius 2 is 2.00 bits per heavy atom. The van der Waals surface area contributed by atoms with Crippen LogP contribution < -0.4 is 5.32 Å². The van der Waals surface area contributed by atoms with Gasteiger partial charge in [0.25, 0.3) is 5.71 Å². The first-order valence-electron chi connectivity index (χ1n) is 8.58. The van der Waals surface area contributed by atoms with E-state index in [0.29, 0.717) is 31.4 Å². The minimum atomic E-state index is -0.0448. The van der Waals surface area contributed by atoms with Crippen molar-refractivity contribution in [1.29, 1.82) is 0 Å². The van der Waals surface area contributed by atoms with Crippen LogP contribution in [0.5, 0.6) is 0 Å². The summed E-state index contributed by atoms with van der Waals surface area (Å²) < 4.78 is 22.2. The van der Waals surface area contributed by atoms with Crippen LogP contribution in [0, 0.1) is 20.8 Å². The van der Waals surface area contributed by atoms with Crippen molar-refractivity contribution in [3.05, 3.63) is 29.0 Å². The third kappa shape index (κ3) is 3.15. The lowest BCUT2D eigenvalue weighted by Crippen LogP contribution is -2.44. The quantitative estimate of drug-likeness (QED) is 0.734. The van der Waals surface area contributed by atoms with E-state index in [1.165, 1.54) is 6.33 Å². The molecule has 26 heavy (non-hydrogen) atoms. The molecule has 0 saturated carbocycles. The van der Waals surface area contributed by atoms with Crippen LogP contribution in [0.15, 0.2) is 15.4 Å². The highest BCUT2D eigenvalue weighted by Gasteiger charge is 2.28. The van der Waals surface area contributed by atoms with Crippen LogP contribution in [0.2, 0.25) is 0 Å². The Balaban J connectivity index is 1.51. The van der Waals surface area contributed by atoms with Gasteiger partial charge in [0.2, 0.25) is 0 Å². The highest BCUT2D eigenvalue weighted by Crippen LogP contribution is 2.26. The fraction of sp³-hybridized carbons (Fsp3) is 0.529. The van der Waals surface area contributed by atoms with Crippen LogP contribution in [0.3, 0.4) is 0 Å². The number of hydrogen-bond donors (Lipinski definition) is 1. The van der Waals surface area contributed by atoms with Crippen molar-refractivity contribution in [2.75, 3.05) is 18.5 Å². The van der Waals surface area contributed by atoms with Crippen molar-refractivity contribution in [3.8, 4) is 0 Å². The lowest BCUT2D eigenvalue weighted by Gasteiger charge is -2.32. The summed E-state index contributed by atoms with van der Waals surface area (Å²) >= 11 is 0. The van der Waals surface area contributed by atoms with Gasteiger partial charge in [0.05, 0.1) is 36.7 Å². The number of anilines is 1. The Hall–Kier alpha value is -2.52. The smallest absolute Gasteiger partial charge is 0.263 e. The van der Waals surface area contributed by atoms with Gasteiger partial charge in [-0.2, -0.15) is 4.98 Å². The van der Waals surface area contributed by atoms with Gasteiger partial charge in [-0.05, 0) is 27.2 Å². The minimum Gasteiger partial charge on any atom is -0.379 e. The van der Waals surface area contributed by atoms with Gasteiger partial charge in [0.15, 0.2) is 0 Å². The molecule has 0 aromatic carbocycles. The molecule has 0 amide bonds. The summed E-state index contributed by atoms with van der Waals surface area (Å²) in [6.07, 6.45) is 2.22. The number of aromatic nitrogens is 4. The number of ether oxygens (including phenoxy) is 2. The normalized spacial score (nSPS) is 20.6. The molecule has 2 atom stereocenters. The van der Waals surface area contributed by atoms with Crippen LogP contribution in [-0.2, 0) is 16.1 Å². The van der Waals surface area contributed by atoms with Crippen LogP contribution in [0.25, 0.3) is 11.1 Å². The average Bonchev–Trinajstić information content (AvgIpc) is 3.18. The first-order chi connectivity index (χ1) is 12.6. The molecule has 0 radical (unpaired) electrons. The van der Waals surface area contributed by atoms with Gasteiger partial charge >= 0.3 is 0 Å². The number of nitrogens with zero attached hydrogens (tertiary/aromatic N) is 4. The number of aryl methyl sites for hydroxylation is 3. The summed E-state index contributed by atoms with van der Waals surface area (Å²) in [5.41, 5.74) is 3.06. The molecule has 3 aromatic heterocycles. The molecule has 3 aromatic rings. The van der Waals surface area contributed by atoms with Gasteiger partial charge in [-0.15, -0.1) is 0 Å². The first kappa shape index (κ1) is 16.9. The molecule has 0 spiro atoms. The van der Waals surface area contributed by atoms with Crippen molar-refractivity contribution >= 4 is 16.9 Å². The second-order valence-corrected chi connectivity index (χ2v) is 6.44. The fourth-order valence-electron chi connectivity index (χ4n) is 3.16. The van der Waals surface area contributed by atoms with Crippen LogP contribution in [0.1, 0.15) is 29.1 Å². The van der Waals surface area contributed by atoms with Gasteiger partial charge in [0, 0.05) is 12.2 Å². The zero-order valence-electron chi connectivity index (χ0n) is 15.0. The van der Waals surface area contributed by atoms with E-state index in [9.17, 15) is 0 Å². The maximum atomic E-state index is 6.17. The summed E-state index contributed by atoms with van der Waals surface area (Å²) in [5, 5.41) is 12.1. The molecule has 9 nitrogen and oxygen atoms in total. The molecule has 9 heteroatoms. The second-order valence-electron chi connectivity index (χ2n) is 6.44. The molecule has 1 N–H and O–H groups in total. The Morgan fingerprint density at radius 1 is 1.15 bits per heavy atom. The molecule has 4 rings (SSSR count). The zero-order valence-corrected chi connectivity index (χ0v) is 15.0. The van der Waals surface area contributed by atoms with E-state index in [1.807, 2.05) is 20.8 Å². The van der Waals surface area contributed by atoms with Crippen LogP contribution in [0.4, 0.5) is 5.82 Å². The number of fused-ring (bicyclic) bond motifs is 1. The summed E-state index contributed by atoms with van der Waals surface area (Å²) in [5.74, 6) is 1.46. The average molecular weight is 359 g/mol. The molecular weight excluding hydrogens is 338 g/mol. The van der Waals surface area contributed by atoms with E-state index in [0.717, 1.165) is 34.5 Å². The molecule has 138 valence electrons. The van der Waals surface area contributed by atoms with Crippen molar-refractivity contribution in [2.24, 2.45) is 0 Å². The van der Waals surface area contributed by atoms with Crippen molar-refractivity contribution < 1.29 is 18.5 Å². The van der Waals surface area contributed by atoms with Gasteiger partial charge in [-0.3, -0.25) is 0 Å². The summed E-state index contributed by atoms with van der Waals surface area (Å²) in [4.78, 5) is 8.45. The van der Waals surface area contributed by atoms with Crippen LogP contribution >= 0.6 is 0 Å². The molecule has 1 saturated heterocycles. The van der Waals surface area contributed by atoms with E-state index in [2.05, 4.69) is 25.6 Å². The molecule has 1 fully saturated rings. The minimum absolute atomic E-state index is 0.0253. The fourth-order valence-corrected chi connectivity index (χ4v) is 3.16. The molecular formula is C17H21N5O4. The first-order valence-corrected chi connectivity index (χ1v) is 8.58.